The van der Waals surface area contributed by atoms with Gasteiger partial charge in [-0.05, 0) is 29.9 Å². The molecule has 1 aromatic carbocycles. The van der Waals surface area contributed by atoms with Gasteiger partial charge in [-0.2, -0.15) is 0 Å². The highest BCUT2D eigenvalue weighted by Crippen LogP contribution is 2.42. The fourth-order valence-electron chi connectivity index (χ4n) is 2.68. The largest absolute Gasteiger partial charge is 0.507 e. The molecule has 2 aromatic rings. The average molecular weight is 345 g/mol. The standard InChI is InChI=1S/C20H27NO4/c1-11(18(23)24)16-10-15(21-25-16)12-8-13(19(2,3)4)17(22)14(9-12)20(5,6)7/h8-11,22H,1-7H3,(H,23,24). The van der Waals surface area contributed by atoms with Crippen LogP contribution in [0, 0.1) is 0 Å². The highest BCUT2D eigenvalue weighted by atomic mass is 16.5. The van der Waals surface area contributed by atoms with Crippen molar-refractivity contribution in [2.24, 2.45) is 0 Å². The third kappa shape index (κ3) is 3.86. The van der Waals surface area contributed by atoms with E-state index >= 15 is 0 Å². The van der Waals surface area contributed by atoms with E-state index < -0.39 is 11.9 Å². The highest BCUT2D eigenvalue weighted by Gasteiger charge is 2.28. The van der Waals surface area contributed by atoms with Crippen molar-refractivity contribution in [2.45, 2.75) is 65.2 Å². The zero-order chi connectivity index (χ0) is 19.2. The van der Waals surface area contributed by atoms with Crippen molar-refractivity contribution < 1.29 is 19.5 Å². The molecule has 0 bridgehead atoms. The van der Waals surface area contributed by atoms with Crippen LogP contribution in [-0.4, -0.2) is 21.3 Å². The molecule has 1 unspecified atom stereocenters. The lowest BCUT2D eigenvalue weighted by atomic mass is 9.78. The second kappa shape index (κ2) is 6.21. The van der Waals surface area contributed by atoms with Crippen LogP contribution in [0.25, 0.3) is 11.3 Å². The summed E-state index contributed by atoms with van der Waals surface area (Å²) in [5.74, 6) is -1.11. The first-order valence-electron chi connectivity index (χ1n) is 8.40. The molecule has 25 heavy (non-hydrogen) atoms. The Kier molecular flexibility index (Phi) is 4.73. The fourth-order valence-corrected chi connectivity index (χ4v) is 2.68. The van der Waals surface area contributed by atoms with E-state index in [0.29, 0.717) is 17.2 Å². The van der Waals surface area contributed by atoms with E-state index in [9.17, 15) is 9.90 Å². The SMILES string of the molecule is CC(C(=O)O)c1cc(-c2cc(C(C)(C)C)c(O)c(C(C)(C)C)c2)no1. The van der Waals surface area contributed by atoms with Crippen molar-refractivity contribution >= 4 is 5.97 Å². The molecule has 0 aliphatic carbocycles. The van der Waals surface area contributed by atoms with E-state index in [1.165, 1.54) is 0 Å². The van der Waals surface area contributed by atoms with Crippen LogP contribution in [0.4, 0.5) is 0 Å². The smallest absolute Gasteiger partial charge is 0.314 e. The molecule has 0 fully saturated rings. The summed E-state index contributed by atoms with van der Waals surface area (Å²) in [6, 6.07) is 5.46. The lowest BCUT2D eigenvalue weighted by molar-refractivity contribution is -0.138. The Morgan fingerprint density at radius 3 is 1.92 bits per heavy atom. The van der Waals surface area contributed by atoms with Crippen molar-refractivity contribution in [3.63, 3.8) is 0 Å². The number of aromatic nitrogens is 1. The third-order valence-electron chi connectivity index (χ3n) is 4.35. The number of hydrogen-bond donors (Lipinski definition) is 2. The molecule has 0 saturated heterocycles. The first-order valence-corrected chi connectivity index (χ1v) is 8.40. The Morgan fingerprint density at radius 1 is 1.04 bits per heavy atom. The number of phenols is 1. The van der Waals surface area contributed by atoms with Gasteiger partial charge in [0, 0.05) is 22.8 Å². The van der Waals surface area contributed by atoms with Gasteiger partial charge >= 0.3 is 5.97 Å². The molecule has 5 nitrogen and oxygen atoms in total. The lowest BCUT2D eigenvalue weighted by Gasteiger charge is -2.28. The Hall–Kier alpha value is -2.30. The van der Waals surface area contributed by atoms with Crippen molar-refractivity contribution in [2.75, 3.05) is 0 Å². The number of carboxylic acids is 1. The van der Waals surface area contributed by atoms with E-state index in [1.54, 1.807) is 13.0 Å². The second-order valence-corrected chi connectivity index (χ2v) is 8.59. The second-order valence-electron chi connectivity index (χ2n) is 8.59. The van der Waals surface area contributed by atoms with E-state index in [-0.39, 0.29) is 10.8 Å². The number of phenolic OH excluding ortho intramolecular Hbond substituents is 1. The minimum Gasteiger partial charge on any atom is -0.507 e. The number of benzene rings is 1. The summed E-state index contributed by atoms with van der Waals surface area (Å²) in [6.45, 7) is 13.8. The molecule has 1 atom stereocenters. The molecule has 0 saturated carbocycles. The summed E-state index contributed by atoms with van der Waals surface area (Å²) >= 11 is 0. The van der Waals surface area contributed by atoms with Crippen molar-refractivity contribution in [3.8, 4) is 17.0 Å². The van der Waals surface area contributed by atoms with Gasteiger partial charge in [-0.3, -0.25) is 4.79 Å². The first kappa shape index (κ1) is 19.0. The first-order chi connectivity index (χ1) is 11.3. The molecule has 2 N–H and O–H groups in total. The number of aliphatic carboxylic acids is 1. The fraction of sp³-hybridized carbons (Fsp3) is 0.500. The van der Waals surface area contributed by atoms with E-state index in [1.807, 2.05) is 53.7 Å². The Balaban J connectivity index is 2.64. The maximum absolute atomic E-state index is 11.1. The van der Waals surface area contributed by atoms with Gasteiger partial charge < -0.3 is 14.7 Å². The van der Waals surface area contributed by atoms with Gasteiger partial charge in [-0.15, -0.1) is 0 Å². The predicted octanol–water partition coefficient (Wildman–Crippen LogP) is 4.83. The normalized spacial score (nSPS) is 13.7. The monoisotopic (exact) mass is 345 g/mol. The maximum atomic E-state index is 11.1. The molecule has 0 spiro atoms. The van der Waals surface area contributed by atoms with Crippen LogP contribution in [0.5, 0.6) is 5.75 Å². The van der Waals surface area contributed by atoms with Crippen LogP contribution in [0.15, 0.2) is 22.7 Å². The van der Waals surface area contributed by atoms with Crippen LogP contribution in [0.3, 0.4) is 0 Å². The number of nitrogens with zero attached hydrogens (tertiary/aromatic N) is 1. The van der Waals surface area contributed by atoms with Crippen LogP contribution in [0.2, 0.25) is 0 Å². The van der Waals surface area contributed by atoms with Gasteiger partial charge in [-0.1, -0.05) is 46.7 Å². The van der Waals surface area contributed by atoms with E-state index in [4.69, 9.17) is 9.63 Å². The number of aromatic hydroxyl groups is 1. The topological polar surface area (TPSA) is 83.6 Å². The Labute approximate surface area is 148 Å². The molecule has 2 rings (SSSR count). The van der Waals surface area contributed by atoms with Gasteiger partial charge in [0.2, 0.25) is 0 Å². The molecule has 5 heteroatoms. The van der Waals surface area contributed by atoms with Gasteiger partial charge in [0.1, 0.15) is 17.4 Å². The minimum atomic E-state index is -0.959. The molecule has 0 radical (unpaired) electrons. The van der Waals surface area contributed by atoms with Crippen LogP contribution in [0.1, 0.15) is 71.3 Å². The van der Waals surface area contributed by atoms with Crippen LogP contribution >= 0.6 is 0 Å². The molecule has 1 heterocycles. The maximum Gasteiger partial charge on any atom is 0.314 e. The molecule has 0 amide bonds. The molecular formula is C20H27NO4. The number of rotatable bonds is 3. The number of carboxylic acid groups (broad SMARTS) is 1. The summed E-state index contributed by atoms with van der Waals surface area (Å²) in [7, 11) is 0. The quantitative estimate of drug-likeness (QED) is 0.832. The third-order valence-corrected chi connectivity index (χ3v) is 4.35. The lowest BCUT2D eigenvalue weighted by Crippen LogP contribution is -2.17. The Morgan fingerprint density at radius 2 is 1.52 bits per heavy atom. The summed E-state index contributed by atoms with van der Waals surface area (Å²) in [5, 5.41) is 24.0. The van der Waals surface area contributed by atoms with Crippen molar-refractivity contribution in [3.05, 3.63) is 35.1 Å². The van der Waals surface area contributed by atoms with E-state index in [0.717, 1.165) is 16.7 Å². The van der Waals surface area contributed by atoms with Crippen molar-refractivity contribution in [1.29, 1.82) is 0 Å². The van der Waals surface area contributed by atoms with E-state index in [2.05, 4.69) is 5.16 Å². The van der Waals surface area contributed by atoms with Gasteiger partial charge in [-0.25, -0.2) is 0 Å². The van der Waals surface area contributed by atoms with Gasteiger partial charge in [0.05, 0.1) is 0 Å². The van der Waals surface area contributed by atoms with Gasteiger partial charge in [0.25, 0.3) is 0 Å². The Bertz CT molecular complexity index is 756. The summed E-state index contributed by atoms with van der Waals surface area (Å²) < 4.78 is 5.23. The minimum absolute atomic E-state index is 0.249. The molecular weight excluding hydrogens is 318 g/mol. The number of hydrogen-bond acceptors (Lipinski definition) is 4. The molecule has 0 aliphatic heterocycles. The number of carbonyl (C=O) groups is 1. The zero-order valence-electron chi connectivity index (χ0n) is 16.0. The molecule has 1 aromatic heterocycles. The summed E-state index contributed by atoms with van der Waals surface area (Å²) in [6.07, 6.45) is 0. The molecule has 136 valence electrons. The average Bonchev–Trinajstić information content (AvgIpc) is 2.93. The highest BCUT2D eigenvalue weighted by molar-refractivity contribution is 5.75. The molecule has 0 aliphatic rings. The summed E-state index contributed by atoms with van der Waals surface area (Å²) in [5.41, 5.74) is 2.53. The van der Waals surface area contributed by atoms with Crippen molar-refractivity contribution in [1.82, 2.24) is 5.16 Å². The zero-order valence-corrected chi connectivity index (χ0v) is 16.0. The van der Waals surface area contributed by atoms with Crippen LogP contribution in [-0.2, 0) is 15.6 Å². The summed E-state index contributed by atoms with van der Waals surface area (Å²) in [4.78, 5) is 11.1. The van der Waals surface area contributed by atoms with Gasteiger partial charge in [0.15, 0.2) is 5.76 Å². The van der Waals surface area contributed by atoms with Crippen LogP contribution < -0.4 is 0 Å². The predicted molar refractivity (Wildman–Crippen MR) is 97.1 cm³/mol.